The molecule has 0 amide bonds. The van der Waals surface area contributed by atoms with Gasteiger partial charge in [-0.3, -0.25) is 0 Å². The fraction of sp³-hybridized carbons (Fsp3) is 0.125. The number of rotatable bonds is 0. The van der Waals surface area contributed by atoms with E-state index in [-0.39, 0.29) is 15.7 Å². The van der Waals surface area contributed by atoms with Crippen molar-refractivity contribution in [2.45, 2.75) is 6.18 Å². The van der Waals surface area contributed by atoms with Crippen LogP contribution in [0.3, 0.4) is 0 Å². The zero-order valence-corrected chi connectivity index (χ0v) is 8.28. The summed E-state index contributed by atoms with van der Waals surface area (Å²) in [5.74, 6) is 0. The molecule has 0 atom stereocenters. The lowest BCUT2D eigenvalue weighted by Gasteiger charge is -2.09. The van der Waals surface area contributed by atoms with Crippen molar-refractivity contribution in [3.05, 3.63) is 27.7 Å². The van der Waals surface area contributed by atoms with Crippen LogP contribution in [0, 0.1) is 11.3 Å². The summed E-state index contributed by atoms with van der Waals surface area (Å²) in [6, 6.07) is 3.27. The SMILES string of the molecule is N#Cc1c(N)cc(C(F)(F)F)cc1Br. The first-order valence-electron chi connectivity index (χ1n) is 3.42. The first-order valence-corrected chi connectivity index (χ1v) is 4.22. The van der Waals surface area contributed by atoms with Crippen LogP contribution in [-0.4, -0.2) is 0 Å². The number of nitriles is 1. The van der Waals surface area contributed by atoms with E-state index in [0.29, 0.717) is 0 Å². The summed E-state index contributed by atoms with van der Waals surface area (Å²) >= 11 is 2.85. The van der Waals surface area contributed by atoms with Gasteiger partial charge in [0.2, 0.25) is 0 Å². The monoisotopic (exact) mass is 264 g/mol. The zero-order valence-electron chi connectivity index (χ0n) is 6.69. The van der Waals surface area contributed by atoms with E-state index in [4.69, 9.17) is 11.0 Å². The fourth-order valence-corrected chi connectivity index (χ4v) is 1.47. The van der Waals surface area contributed by atoms with Crippen molar-refractivity contribution in [3.63, 3.8) is 0 Å². The van der Waals surface area contributed by atoms with Crippen LogP contribution in [0.4, 0.5) is 18.9 Å². The van der Waals surface area contributed by atoms with Crippen molar-refractivity contribution in [2.24, 2.45) is 0 Å². The molecule has 2 N–H and O–H groups in total. The highest BCUT2D eigenvalue weighted by Gasteiger charge is 2.31. The van der Waals surface area contributed by atoms with Crippen molar-refractivity contribution in [1.29, 1.82) is 5.26 Å². The summed E-state index contributed by atoms with van der Waals surface area (Å²) < 4.78 is 36.7. The summed E-state index contributed by atoms with van der Waals surface area (Å²) in [4.78, 5) is 0. The molecule has 0 aliphatic rings. The Balaban J connectivity index is 3.37. The highest BCUT2D eigenvalue weighted by atomic mass is 79.9. The molecule has 0 saturated carbocycles. The van der Waals surface area contributed by atoms with E-state index in [1.807, 2.05) is 0 Å². The molecule has 1 rings (SSSR count). The van der Waals surface area contributed by atoms with Crippen molar-refractivity contribution >= 4 is 21.6 Å². The number of nitrogens with zero attached hydrogens (tertiary/aromatic N) is 1. The van der Waals surface area contributed by atoms with Gasteiger partial charge in [-0.15, -0.1) is 0 Å². The van der Waals surface area contributed by atoms with E-state index in [1.54, 1.807) is 6.07 Å². The predicted molar refractivity (Wildman–Crippen MR) is 48.3 cm³/mol. The Bertz CT molecular complexity index is 383. The Hall–Kier alpha value is -1.22. The van der Waals surface area contributed by atoms with Gasteiger partial charge in [-0.25, -0.2) is 0 Å². The van der Waals surface area contributed by atoms with E-state index in [0.717, 1.165) is 12.1 Å². The molecule has 0 heterocycles. The van der Waals surface area contributed by atoms with Crippen LogP contribution >= 0.6 is 15.9 Å². The van der Waals surface area contributed by atoms with Gasteiger partial charge >= 0.3 is 6.18 Å². The van der Waals surface area contributed by atoms with Gasteiger partial charge in [-0.05, 0) is 28.1 Å². The Kier molecular flexibility index (Phi) is 2.71. The molecule has 0 fully saturated rings. The summed E-state index contributed by atoms with van der Waals surface area (Å²) in [5, 5.41) is 8.55. The number of hydrogen-bond donors (Lipinski definition) is 1. The zero-order chi connectivity index (χ0) is 10.9. The first kappa shape index (κ1) is 10.9. The molecule has 14 heavy (non-hydrogen) atoms. The van der Waals surface area contributed by atoms with Crippen molar-refractivity contribution in [2.75, 3.05) is 5.73 Å². The number of anilines is 1. The van der Waals surface area contributed by atoms with Gasteiger partial charge in [-0.1, -0.05) is 0 Å². The second kappa shape index (κ2) is 3.50. The second-order valence-corrected chi connectivity index (χ2v) is 3.39. The summed E-state index contributed by atoms with van der Waals surface area (Å²) in [6.07, 6.45) is -4.45. The van der Waals surface area contributed by atoms with E-state index >= 15 is 0 Å². The number of hydrogen-bond acceptors (Lipinski definition) is 2. The van der Waals surface area contributed by atoms with Crippen LogP contribution in [0.2, 0.25) is 0 Å². The molecule has 74 valence electrons. The average Bonchev–Trinajstić information content (AvgIpc) is 2.01. The van der Waals surface area contributed by atoms with E-state index in [9.17, 15) is 13.2 Å². The lowest BCUT2D eigenvalue weighted by molar-refractivity contribution is -0.137. The molecule has 2 nitrogen and oxygen atoms in total. The van der Waals surface area contributed by atoms with Crippen LogP contribution in [0.25, 0.3) is 0 Å². The normalized spacial score (nSPS) is 11.1. The fourth-order valence-electron chi connectivity index (χ4n) is 0.910. The number of nitrogen functional groups attached to an aromatic ring is 1. The molecule has 0 aliphatic heterocycles. The third-order valence-corrected chi connectivity index (χ3v) is 2.19. The average molecular weight is 265 g/mol. The van der Waals surface area contributed by atoms with Crippen molar-refractivity contribution in [3.8, 4) is 6.07 Å². The Morgan fingerprint density at radius 1 is 1.36 bits per heavy atom. The van der Waals surface area contributed by atoms with E-state index in [1.165, 1.54) is 0 Å². The molecule has 0 saturated heterocycles. The standard InChI is InChI=1S/C8H4BrF3N2/c9-6-1-4(8(10,11)12)2-7(14)5(6)3-13/h1-2H,14H2. The lowest BCUT2D eigenvalue weighted by Crippen LogP contribution is -2.06. The maximum Gasteiger partial charge on any atom is 0.416 e. The molecule has 0 bridgehead atoms. The molecule has 0 unspecified atom stereocenters. The van der Waals surface area contributed by atoms with Gasteiger partial charge < -0.3 is 5.73 Å². The van der Waals surface area contributed by atoms with Crippen LogP contribution in [0.15, 0.2) is 16.6 Å². The first-order chi connectivity index (χ1) is 6.36. The third-order valence-electron chi connectivity index (χ3n) is 1.56. The maximum absolute atomic E-state index is 12.2. The quantitative estimate of drug-likeness (QED) is 0.733. The largest absolute Gasteiger partial charge is 0.416 e. The van der Waals surface area contributed by atoms with Gasteiger partial charge in [0.1, 0.15) is 6.07 Å². The highest BCUT2D eigenvalue weighted by molar-refractivity contribution is 9.10. The summed E-state index contributed by atoms with van der Waals surface area (Å²) in [7, 11) is 0. The Morgan fingerprint density at radius 2 is 1.93 bits per heavy atom. The minimum absolute atomic E-state index is 0.0120. The molecule has 0 radical (unpaired) electrons. The molecule has 6 heteroatoms. The van der Waals surface area contributed by atoms with Gasteiger partial charge in [-0.2, -0.15) is 18.4 Å². The van der Waals surface area contributed by atoms with Crippen molar-refractivity contribution in [1.82, 2.24) is 0 Å². The van der Waals surface area contributed by atoms with Crippen LogP contribution in [0.5, 0.6) is 0 Å². The lowest BCUT2D eigenvalue weighted by atomic mass is 10.1. The third kappa shape index (κ3) is 1.99. The van der Waals surface area contributed by atoms with Gasteiger partial charge in [0.25, 0.3) is 0 Å². The molecule has 0 spiro atoms. The van der Waals surface area contributed by atoms with Crippen molar-refractivity contribution < 1.29 is 13.2 Å². The topological polar surface area (TPSA) is 49.8 Å². The molecule has 0 aromatic heterocycles. The summed E-state index contributed by atoms with van der Waals surface area (Å²) in [5.41, 5.74) is 4.23. The van der Waals surface area contributed by atoms with Crippen LogP contribution in [-0.2, 0) is 6.18 Å². The Morgan fingerprint density at radius 3 is 2.29 bits per heavy atom. The molecular formula is C8H4BrF3N2. The number of benzene rings is 1. The highest BCUT2D eigenvalue weighted by Crippen LogP contribution is 2.34. The smallest absolute Gasteiger partial charge is 0.398 e. The maximum atomic E-state index is 12.2. The minimum Gasteiger partial charge on any atom is -0.398 e. The molecular weight excluding hydrogens is 261 g/mol. The van der Waals surface area contributed by atoms with E-state index < -0.39 is 11.7 Å². The number of halogens is 4. The predicted octanol–water partition coefficient (Wildman–Crippen LogP) is 2.92. The Labute approximate surface area is 86.3 Å². The molecule has 1 aromatic carbocycles. The minimum atomic E-state index is -4.45. The van der Waals surface area contributed by atoms with Gasteiger partial charge in [0.05, 0.1) is 16.8 Å². The van der Waals surface area contributed by atoms with E-state index in [2.05, 4.69) is 15.9 Å². The van der Waals surface area contributed by atoms with Crippen LogP contribution < -0.4 is 5.73 Å². The number of nitrogens with two attached hydrogens (primary N) is 1. The second-order valence-electron chi connectivity index (χ2n) is 2.53. The van der Waals surface area contributed by atoms with Crippen LogP contribution in [0.1, 0.15) is 11.1 Å². The van der Waals surface area contributed by atoms with Gasteiger partial charge in [0.15, 0.2) is 0 Å². The number of alkyl halides is 3. The van der Waals surface area contributed by atoms with Gasteiger partial charge in [0, 0.05) is 4.47 Å². The molecule has 0 aliphatic carbocycles. The molecule has 1 aromatic rings. The summed E-state index contributed by atoms with van der Waals surface area (Å²) in [6.45, 7) is 0.